The zero-order valence-electron chi connectivity index (χ0n) is 10.1. The number of hydrogen-bond donors (Lipinski definition) is 2. The van der Waals surface area contributed by atoms with Gasteiger partial charge in [-0.05, 0) is 19.1 Å². The summed E-state index contributed by atoms with van der Waals surface area (Å²) in [6.45, 7) is 1.67. The molecule has 0 bridgehead atoms. The van der Waals surface area contributed by atoms with Crippen molar-refractivity contribution in [3.63, 3.8) is 0 Å². The fourth-order valence-electron chi connectivity index (χ4n) is 1.51. The summed E-state index contributed by atoms with van der Waals surface area (Å²) in [5, 5.41) is 12.1. The Hall–Kier alpha value is -1.47. The number of benzene rings is 1. The third kappa shape index (κ3) is 4.00. The first kappa shape index (κ1) is 15.6. The number of esters is 1. The lowest BCUT2D eigenvalue weighted by molar-refractivity contribution is -0.149. The molecule has 2 atom stereocenters. The SMILES string of the molecule is CCOC(=O)C(NC=O)C(O)c1ccc(Br)cc1F. The van der Waals surface area contributed by atoms with E-state index in [4.69, 9.17) is 4.74 Å². The topological polar surface area (TPSA) is 75.6 Å². The molecule has 2 N–H and O–H groups in total. The minimum atomic E-state index is -1.53. The zero-order valence-corrected chi connectivity index (χ0v) is 11.7. The Bertz CT molecular complexity index is 469. The summed E-state index contributed by atoms with van der Waals surface area (Å²) in [5.41, 5.74) is -0.101. The Morgan fingerprint density at radius 1 is 1.63 bits per heavy atom. The molecule has 1 aromatic rings. The summed E-state index contributed by atoms with van der Waals surface area (Å²) < 4.78 is 18.9. The highest BCUT2D eigenvalue weighted by molar-refractivity contribution is 9.10. The Kier molecular flexibility index (Phi) is 5.91. The number of amides is 1. The Balaban J connectivity index is 3.01. The third-order valence-corrected chi connectivity index (χ3v) is 2.88. The molecule has 0 saturated heterocycles. The molecule has 1 aromatic carbocycles. The number of carbonyl (C=O) groups excluding carboxylic acids is 2. The second-order valence-corrected chi connectivity index (χ2v) is 4.54. The molecular formula is C12H13BrFNO4. The van der Waals surface area contributed by atoms with Gasteiger partial charge in [0.1, 0.15) is 11.9 Å². The fraction of sp³-hybridized carbons (Fsp3) is 0.333. The van der Waals surface area contributed by atoms with Crippen molar-refractivity contribution in [1.29, 1.82) is 0 Å². The molecule has 0 aliphatic rings. The highest BCUT2D eigenvalue weighted by Gasteiger charge is 2.30. The van der Waals surface area contributed by atoms with Crippen molar-refractivity contribution in [3.8, 4) is 0 Å². The van der Waals surface area contributed by atoms with E-state index in [1.54, 1.807) is 6.92 Å². The molecule has 0 aliphatic carbocycles. The van der Waals surface area contributed by atoms with E-state index >= 15 is 0 Å². The maximum Gasteiger partial charge on any atom is 0.331 e. The van der Waals surface area contributed by atoms with Gasteiger partial charge in [0.2, 0.25) is 6.41 Å². The second kappa shape index (κ2) is 7.20. The molecule has 0 radical (unpaired) electrons. The summed E-state index contributed by atoms with van der Waals surface area (Å²) >= 11 is 3.08. The largest absolute Gasteiger partial charge is 0.464 e. The lowest BCUT2D eigenvalue weighted by Gasteiger charge is -2.21. The molecule has 1 amide bonds. The van der Waals surface area contributed by atoms with Crippen molar-refractivity contribution in [2.75, 3.05) is 6.61 Å². The van der Waals surface area contributed by atoms with Crippen molar-refractivity contribution in [2.24, 2.45) is 0 Å². The van der Waals surface area contributed by atoms with E-state index in [-0.39, 0.29) is 18.6 Å². The average molecular weight is 334 g/mol. The predicted octanol–water partition coefficient (Wildman–Crippen LogP) is 1.30. The standard InChI is InChI=1S/C12H13BrFNO4/c1-2-19-12(18)10(15-6-16)11(17)8-4-3-7(13)5-9(8)14/h3-6,10-11,17H,2H2,1H3,(H,15,16). The lowest BCUT2D eigenvalue weighted by atomic mass is 10.0. The van der Waals surface area contributed by atoms with Crippen LogP contribution in [-0.4, -0.2) is 30.1 Å². The van der Waals surface area contributed by atoms with Gasteiger partial charge in [0, 0.05) is 10.0 Å². The van der Waals surface area contributed by atoms with Gasteiger partial charge in [0.25, 0.3) is 0 Å². The van der Waals surface area contributed by atoms with E-state index in [0.717, 1.165) is 6.07 Å². The molecule has 0 heterocycles. The number of aliphatic hydroxyl groups is 1. The van der Waals surface area contributed by atoms with E-state index in [2.05, 4.69) is 21.2 Å². The summed E-state index contributed by atoms with van der Waals surface area (Å²) in [6.07, 6.45) is -1.28. The summed E-state index contributed by atoms with van der Waals surface area (Å²) in [6, 6.07) is 2.64. The number of aliphatic hydroxyl groups excluding tert-OH is 1. The molecule has 19 heavy (non-hydrogen) atoms. The molecule has 1 rings (SSSR count). The van der Waals surface area contributed by atoms with Crippen LogP contribution in [0.4, 0.5) is 4.39 Å². The van der Waals surface area contributed by atoms with Crippen LogP contribution in [0.3, 0.4) is 0 Å². The normalized spacial score (nSPS) is 13.5. The Morgan fingerprint density at radius 3 is 2.84 bits per heavy atom. The van der Waals surface area contributed by atoms with Gasteiger partial charge in [-0.2, -0.15) is 0 Å². The highest BCUT2D eigenvalue weighted by atomic mass is 79.9. The number of hydrogen-bond acceptors (Lipinski definition) is 4. The predicted molar refractivity (Wildman–Crippen MR) is 68.7 cm³/mol. The smallest absolute Gasteiger partial charge is 0.331 e. The van der Waals surface area contributed by atoms with Gasteiger partial charge in [0.15, 0.2) is 6.04 Å². The van der Waals surface area contributed by atoms with Crippen LogP contribution in [0.1, 0.15) is 18.6 Å². The molecule has 7 heteroatoms. The van der Waals surface area contributed by atoms with E-state index in [1.807, 2.05) is 0 Å². The van der Waals surface area contributed by atoms with Gasteiger partial charge in [-0.15, -0.1) is 0 Å². The van der Waals surface area contributed by atoms with E-state index in [0.29, 0.717) is 4.47 Å². The molecule has 2 unspecified atom stereocenters. The first-order valence-corrected chi connectivity index (χ1v) is 6.29. The van der Waals surface area contributed by atoms with Crippen molar-refractivity contribution in [3.05, 3.63) is 34.1 Å². The first-order chi connectivity index (χ1) is 9.01. The van der Waals surface area contributed by atoms with E-state index in [9.17, 15) is 19.1 Å². The zero-order chi connectivity index (χ0) is 14.4. The number of halogens is 2. The van der Waals surface area contributed by atoms with Crippen molar-refractivity contribution in [2.45, 2.75) is 19.1 Å². The van der Waals surface area contributed by atoms with Gasteiger partial charge in [-0.3, -0.25) is 4.79 Å². The van der Waals surface area contributed by atoms with Crippen LogP contribution >= 0.6 is 15.9 Å². The molecule has 104 valence electrons. The minimum absolute atomic E-state index is 0.0887. The fourth-order valence-corrected chi connectivity index (χ4v) is 1.85. The highest BCUT2D eigenvalue weighted by Crippen LogP contribution is 2.23. The van der Waals surface area contributed by atoms with Crippen LogP contribution in [0.15, 0.2) is 22.7 Å². The summed E-state index contributed by atoms with van der Waals surface area (Å²) in [4.78, 5) is 22.1. The summed E-state index contributed by atoms with van der Waals surface area (Å²) in [7, 11) is 0. The number of carbonyl (C=O) groups is 2. The third-order valence-electron chi connectivity index (χ3n) is 2.39. The van der Waals surface area contributed by atoms with Crippen molar-refractivity contribution >= 4 is 28.3 Å². The summed E-state index contributed by atoms with van der Waals surface area (Å²) in [5.74, 6) is -1.52. The lowest BCUT2D eigenvalue weighted by Crippen LogP contribution is -2.42. The van der Waals surface area contributed by atoms with Crippen molar-refractivity contribution in [1.82, 2.24) is 5.32 Å². The molecule has 0 spiro atoms. The monoisotopic (exact) mass is 333 g/mol. The number of nitrogens with one attached hydrogen (secondary N) is 1. The maximum atomic E-state index is 13.7. The molecule has 0 aliphatic heterocycles. The second-order valence-electron chi connectivity index (χ2n) is 3.62. The van der Waals surface area contributed by atoms with Gasteiger partial charge in [-0.1, -0.05) is 22.0 Å². The van der Waals surface area contributed by atoms with E-state index in [1.165, 1.54) is 12.1 Å². The van der Waals surface area contributed by atoms with Crippen LogP contribution in [-0.2, 0) is 14.3 Å². The molecule has 0 aromatic heterocycles. The van der Waals surface area contributed by atoms with Gasteiger partial charge in [-0.25, -0.2) is 9.18 Å². The van der Waals surface area contributed by atoms with E-state index < -0.39 is 23.9 Å². The Morgan fingerprint density at radius 2 is 2.32 bits per heavy atom. The molecule has 0 saturated carbocycles. The van der Waals surface area contributed by atoms with Crippen LogP contribution < -0.4 is 5.32 Å². The molecule has 5 nitrogen and oxygen atoms in total. The maximum absolute atomic E-state index is 13.7. The quantitative estimate of drug-likeness (QED) is 0.607. The molecular weight excluding hydrogens is 321 g/mol. The van der Waals surface area contributed by atoms with Crippen LogP contribution in [0, 0.1) is 5.82 Å². The first-order valence-electron chi connectivity index (χ1n) is 5.50. The molecule has 0 fully saturated rings. The minimum Gasteiger partial charge on any atom is -0.464 e. The van der Waals surface area contributed by atoms with Gasteiger partial charge in [0.05, 0.1) is 6.61 Å². The van der Waals surface area contributed by atoms with Crippen LogP contribution in [0.25, 0.3) is 0 Å². The number of rotatable bonds is 6. The van der Waals surface area contributed by atoms with Gasteiger partial charge < -0.3 is 15.2 Å². The van der Waals surface area contributed by atoms with Gasteiger partial charge >= 0.3 is 5.97 Å². The van der Waals surface area contributed by atoms with Crippen molar-refractivity contribution < 1.29 is 23.8 Å². The Labute approximate surface area is 117 Å². The average Bonchev–Trinajstić information content (AvgIpc) is 2.35. The number of ether oxygens (including phenoxy) is 1. The van der Waals surface area contributed by atoms with Crippen LogP contribution in [0.2, 0.25) is 0 Å². The van der Waals surface area contributed by atoms with Crippen LogP contribution in [0.5, 0.6) is 0 Å².